The van der Waals surface area contributed by atoms with E-state index in [4.69, 9.17) is 4.74 Å². The number of hydrogen-bond acceptors (Lipinski definition) is 5. The monoisotopic (exact) mass is 295 g/mol. The second kappa shape index (κ2) is 6.19. The molecule has 1 unspecified atom stereocenters. The van der Waals surface area contributed by atoms with Crippen molar-refractivity contribution in [3.05, 3.63) is 33.7 Å². The van der Waals surface area contributed by atoms with Crippen LogP contribution in [0.25, 0.3) is 0 Å². The lowest BCUT2D eigenvalue weighted by molar-refractivity contribution is -0.130. The quantitative estimate of drug-likeness (QED) is 0.872. The maximum absolute atomic E-state index is 12.2. The highest BCUT2D eigenvalue weighted by molar-refractivity contribution is 7.10. The van der Waals surface area contributed by atoms with Gasteiger partial charge in [0.2, 0.25) is 0 Å². The van der Waals surface area contributed by atoms with E-state index in [-0.39, 0.29) is 17.8 Å². The fourth-order valence-corrected chi connectivity index (χ4v) is 3.14. The molecule has 1 aliphatic heterocycles. The molecule has 0 spiro atoms. The van der Waals surface area contributed by atoms with E-state index in [1.165, 1.54) is 16.2 Å². The van der Waals surface area contributed by atoms with Gasteiger partial charge in [0.15, 0.2) is 11.5 Å². The van der Waals surface area contributed by atoms with Crippen molar-refractivity contribution in [1.29, 1.82) is 0 Å². The van der Waals surface area contributed by atoms with Crippen LogP contribution in [0.3, 0.4) is 0 Å². The number of amides is 1. The minimum absolute atomic E-state index is 0.200. The molecular formula is C14H17NO4S. The Kier molecular flexibility index (Phi) is 4.57. The van der Waals surface area contributed by atoms with Crippen LogP contribution >= 0.6 is 11.3 Å². The number of aliphatic hydroxyl groups is 1. The molecule has 0 aliphatic carbocycles. The van der Waals surface area contributed by atoms with Crippen molar-refractivity contribution in [2.24, 2.45) is 0 Å². The Morgan fingerprint density at radius 1 is 1.55 bits per heavy atom. The van der Waals surface area contributed by atoms with Crippen molar-refractivity contribution in [2.45, 2.75) is 19.4 Å². The smallest absolute Gasteiger partial charge is 0.290 e. The number of hydrogen-bond donors (Lipinski definition) is 1. The van der Waals surface area contributed by atoms with Gasteiger partial charge >= 0.3 is 0 Å². The molecule has 1 aromatic heterocycles. The highest BCUT2D eigenvalue weighted by Crippen LogP contribution is 2.39. The van der Waals surface area contributed by atoms with E-state index in [0.717, 1.165) is 4.88 Å². The van der Waals surface area contributed by atoms with Crippen molar-refractivity contribution in [3.63, 3.8) is 0 Å². The number of methoxy groups -OCH3 is 1. The number of ketones is 1. The minimum atomic E-state index is -0.503. The first-order valence-corrected chi connectivity index (χ1v) is 7.29. The molecule has 1 aliphatic rings. The molecule has 20 heavy (non-hydrogen) atoms. The summed E-state index contributed by atoms with van der Waals surface area (Å²) in [7, 11) is 1.55. The molecule has 0 saturated carbocycles. The molecule has 0 saturated heterocycles. The number of Topliss-reactive ketones (excluding diaryl/α,β-unsaturated/α-hetero) is 1. The third-order valence-electron chi connectivity index (χ3n) is 3.27. The second-order valence-corrected chi connectivity index (χ2v) is 5.43. The summed E-state index contributed by atoms with van der Waals surface area (Å²) in [6, 6.07) is 3.23. The van der Waals surface area contributed by atoms with Crippen molar-refractivity contribution in [3.8, 4) is 0 Å². The minimum Gasteiger partial charge on any atom is -0.503 e. The zero-order valence-electron chi connectivity index (χ0n) is 11.5. The highest BCUT2D eigenvalue weighted by Gasteiger charge is 2.43. The Bertz CT molecular complexity index is 535. The van der Waals surface area contributed by atoms with Gasteiger partial charge < -0.3 is 14.7 Å². The van der Waals surface area contributed by atoms with Gasteiger partial charge in [-0.05, 0) is 11.4 Å². The van der Waals surface area contributed by atoms with Crippen LogP contribution in [-0.4, -0.2) is 42.0 Å². The van der Waals surface area contributed by atoms with Crippen molar-refractivity contribution in [2.75, 3.05) is 20.3 Å². The summed E-state index contributed by atoms with van der Waals surface area (Å²) < 4.78 is 5.00. The first-order chi connectivity index (χ1) is 9.61. The molecule has 2 rings (SSSR count). The number of carbonyl (C=O) groups is 2. The summed E-state index contributed by atoms with van der Waals surface area (Å²) in [6.45, 7) is 2.41. The molecule has 0 bridgehead atoms. The number of thiophene rings is 1. The normalized spacial score (nSPS) is 19.0. The van der Waals surface area contributed by atoms with Gasteiger partial charge in [-0.1, -0.05) is 13.0 Å². The predicted molar refractivity (Wildman–Crippen MR) is 75.6 cm³/mol. The molecule has 1 atom stereocenters. The average Bonchev–Trinajstić information content (AvgIpc) is 3.05. The van der Waals surface area contributed by atoms with Gasteiger partial charge in [-0.3, -0.25) is 9.59 Å². The average molecular weight is 295 g/mol. The van der Waals surface area contributed by atoms with Gasteiger partial charge in [-0.25, -0.2) is 0 Å². The summed E-state index contributed by atoms with van der Waals surface area (Å²) in [5.41, 5.74) is 0.205. The first-order valence-electron chi connectivity index (χ1n) is 6.41. The van der Waals surface area contributed by atoms with E-state index in [2.05, 4.69) is 0 Å². The van der Waals surface area contributed by atoms with Crippen LogP contribution in [0, 0.1) is 0 Å². The zero-order valence-corrected chi connectivity index (χ0v) is 12.3. The fraction of sp³-hybridized carbons (Fsp3) is 0.429. The van der Waals surface area contributed by atoms with E-state index in [9.17, 15) is 14.7 Å². The van der Waals surface area contributed by atoms with Gasteiger partial charge in [0.1, 0.15) is 0 Å². The van der Waals surface area contributed by atoms with Crippen LogP contribution in [0.2, 0.25) is 0 Å². The molecule has 1 aromatic rings. The summed E-state index contributed by atoms with van der Waals surface area (Å²) in [5, 5.41) is 11.9. The van der Waals surface area contributed by atoms with Gasteiger partial charge in [-0.2, -0.15) is 0 Å². The summed E-state index contributed by atoms with van der Waals surface area (Å²) in [4.78, 5) is 26.6. The van der Waals surface area contributed by atoms with E-state index in [1.807, 2.05) is 17.5 Å². The molecule has 2 heterocycles. The van der Waals surface area contributed by atoms with Crippen LogP contribution in [0.1, 0.15) is 24.3 Å². The van der Waals surface area contributed by atoms with Crippen LogP contribution in [0.15, 0.2) is 28.8 Å². The molecule has 1 N–H and O–H groups in total. The first kappa shape index (κ1) is 14.7. The van der Waals surface area contributed by atoms with Crippen LogP contribution in [0.5, 0.6) is 0 Å². The summed E-state index contributed by atoms with van der Waals surface area (Å²) >= 11 is 1.46. The van der Waals surface area contributed by atoms with Crippen molar-refractivity contribution < 1.29 is 19.4 Å². The van der Waals surface area contributed by atoms with E-state index >= 15 is 0 Å². The zero-order chi connectivity index (χ0) is 14.7. The molecule has 1 amide bonds. The topological polar surface area (TPSA) is 66.8 Å². The maximum Gasteiger partial charge on any atom is 0.290 e. The second-order valence-electron chi connectivity index (χ2n) is 4.45. The number of nitrogens with zero attached hydrogens (tertiary/aromatic N) is 1. The Labute approximate surface area is 121 Å². The molecule has 108 valence electrons. The molecular weight excluding hydrogens is 278 g/mol. The highest BCUT2D eigenvalue weighted by atomic mass is 32.1. The third kappa shape index (κ3) is 2.48. The SMILES string of the molecule is CCC(=O)C1=C(O)C(=O)N(CCOC)C1c1cccs1. The van der Waals surface area contributed by atoms with E-state index < -0.39 is 17.7 Å². The standard InChI is InChI=1S/C14H17NO4S/c1-3-9(16)11-12(10-5-4-8-20-10)15(6-7-19-2)14(18)13(11)17/h4-5,8,12,17H,3,6-7H2,1-2H3. The predicted octanol–water partition coefficient (Wildman–Crippen LogP) is 2.07. The molecule has 5 nitrogen and oxygen atoms in total. The van der Waals surface area contributed by atoms with Gasteiger partial charge in [0.25, 0.3) is 5.91 Å². The fourth-order valence-electron chi connectivity index (χ4n) is 2.29. The summed E-state index contributed by atoms with van der Waals surface area (Å²) in [6.07, 6.45) is 0.257. The van der Waals surface area contributed by atoms with Crippen molar-refractivity contribution >= 4 is 23.0 Å². The number of carbonyl (C=O) groups excluding carboxylic acids is 2. The molecule has 0 radical (unpaired) electrons. The number of ether oxygens (including phenoxy) is 1. The lowest BCUT2D eigenvalue weighted by Crippen LogP contribution is -2.33. The Balaban J connectivity index is 2.42. The Morgan fingerprint density at radius 2 is 2.30 bits per heavy atom. The third-order valence-corrected chi connectivity index (χ3v) is 4.20. The Hall–Kier alpha value is -1.66. The lowest BCUT2D eigenvalue weighted by Gasteiger charge is -2.25. The van der Waals surface area contributed by atoms with Gasteiger partial charge in [0, 0.05) is 25.0 Å². The largest absolute Gasteiger partial charge is 0.503 e. The van der Waals surface area contributed by atoms with Crippen LogP contribution in [0.4, 0.5) is 0 Å². The molecule has 0 aromatic carbocycles. The van der Waals surface area contributed by atoms with E-state index in [0.29, 0.717) is 13.2 Å². The summed E-state index contributed by atoms with van der Waals surface area (Å²) in [5.74, 6) is -1.13. The maximum atomic E-state index is 12.2. The van der Waals surface area contributed by atoms with Crippen LogP contribution in [-0.2, 0) is 14.3 Å². The Morgan fingerprint density at radius 3 is 2.85 bits per heavy atom. The number of aliphatic hydroxyl groups excluding tert-OH is 1. The van der Waals surface area contributed by atoms with Crippen molar-refractivity contribution in [1.82, 2.24) is 4.90 Å². The number of rotatable bonds is 6. The lowest BCUT2D eigenvalue weighted by atomic mass is 10.0. The van der Waals surface area contributed by atoms with Gasteiger partial charge in [0.05, 0.1) is 18.2 Å². The van der Waals surface area contributed by atoms with Gasteiger partial charge in [-0.15, -0.1) is 11.3 Å². The molecule has 0 fully saturated rings. The molecule has 6 heteroatoms. The van der Waals surface area contributed by atoms with E-state index in [1.54, 1.807) is 14.0 Å². The van der Waals surface area contributed by atoms with Crippen LogP contribution < -0.4 is 0 Å².